The van der Waals surface area contributed by atoms with Gasteiger partial charge in [0.2, 0.25) is 0 Å². The molecule has 128 valence electrons. The van der Waals surface area contributed by atoms with E-state index >= 15 is 0 Å². The number of hydrogen-bond donors (Lipinski definition) is 0. The maximum atomic E-state index is 6.03. The summed E-state index contributed by atoms with van der Waals surface area (Å²) in [6.45, 7) is 13.4. The van der Waals surface area contributed by atoms with Crippen LogP contribution in [0.4, 0.5) is 0 Å². The lowest BCUT2D eigenvalue weighted by Crippen LogP contribution is -2.50. The molecule has 0 unspecified atom stereocenters. The second-order valence-corrected chi connectivity index (χ2v) is 5.80. The van der Waals surface area contributed by atoms with E-state index in [1.807, 2.05) is 26.0 Å². The molecule has 1 aliphatic heterocycles. The van der Waals surface area contributed by atoms with E-state index in [2.05, 4.69) is 13.2 Å². The van der Waals surface area contributed by atoms with E-state index in [0.717, 1.165) is 12.8 Å². The molecular formula is C17H30O5. The first-order chi connectivity index (χ1) is 10.5. The molecule has 1 heterocycles. The van der Waals surface area contributed by atoms with Crippen molar-refractivity contribution in [3.63, 3.8) is 0 Å². The second kappa shape index (κ2) is 10.1. The summed E-state index contributed by atoms with van der Waals surface area (Å²) in [5, 5.41) is 0. The molecule has 0 aromatic rings. The van der Waals surface area contributed by atoms with Gasteiger partial charge in [-0.25, -0.2) is 0 Å². The summed E-state index contributed by atoms with van der Waals surface area (Å²) in [5.74, 6) is -0.451. The molecule has 3 atom stereocenters. The van der Waals surface area contributed by atoms with Crippen LogP contribution < -0.4 is 0 Å². The molecule has 5 nitrogen and oxygen atoms in total. The highest BCUT2D eigenvalue weighted by molar-refractivity contribution is 4.90. The first kappa shape index (κ1) is 19.3. The SMILES string of the molecule is C=CC[C@H](OCOCCOC)[C@@H]1COC(C)(C)O[C@H]1CC=C. The van der Waals surface area contributed by atoms with Crippen molar-refractivity contribution in [3.05, 3.63) is 25.3 Å². The van der Waals surface area contributed by atoms with Crippen molar-refractivity contribution in [3.8, 4) is 0 Å². The largest absolute Gasteiger partial charge is 0.382 e. The average Bonchev–Trinajstić information content (AvgIpc) is 2.46. The van der Waals surface area contributed by atoms with Crippen LogP contribution in [0, 0.1) is 5.92 Å². The second-order valence-electron chi connectivity index (χ2n) is 5.80. The Morgan fingerprint density at radius 3 is 2.68 bits per heavy atom. The van der Waals surface area contributed by atoms with Gasteiger partial charge in [-0.1, -0.05) is 12.2 Å². The van der Waals surface area contributed by atoms with Gasteiger partial charge in [0.1, 0.15) is 6.79 Å². The zero-order valence-electron chi connectivity index (χ0n) is 14.1. The molecule has 0 N–H and O–H groups in total. The van der Waals surface area contributed by atoms with Crippen LogP contribution in [0.3, 0.4) is 0 Å². The molecule has 0 radical (unpaired) electrons. The van der Waals surface area contributed by atoms with E-state index < -0.39 is 5.79 Å². The van der Waals surface area contributed by atoms with Crippen molar-refractivity contribution in [2.45, 2.75) is 44.7 Å². The summed E-state index contributed by atoms with van der Waals surface area (Å²) in [6.07, 6.45) is 5.17. The molecule has 5 heteroatoms. The maximum Gasteiger partial charge on any atom is 0.163 e. The zero-order valence-corrected chi connectivity index (χ0v) is 14.1. The van der Waals surface area contributed by atoms with Crippen molar-refractivity contribution >= 4 is 0 Å². The highest BCUT2D eigenvalue weighted by atomic mass is 16.7. The van der Waals surface area contributed by atoms with Gasteiger partial charge in [0, 0.05) is 13.0 Å². The third kappa shape index (κ3) is 6.58. The predicted molar refractivity (Wildman–Crippen MR) is 85.6 cm³/mol. The summed E-state index contributed by atoms with van der Waals surface area (Å²) in [7, 11) is 1.64. The van der Waals surface area contributed by atoms with Gasteiger partial charge in [-0.05, 0) is 26.7 Å². The van der Waals surface area contributed by atoms with Gasteiger partial charge in [0.25, 0.3) is 0 Å². The van der Waals surface area contributed by atoms with Crippen molar-refractivity contribution < 1.29 is 23.7 Å². The fourth-order valence-corrected chi connectivity index (χ4v) is 2.49. The monoisotopic (exact) mass is 314 g/mol. The smallest absolute Gasteiger partial charge is 0.163 e. The molecule has 1 saturated heterocycles. The number of rotatable bonds is 11. The van der Waals surface area contributed by atoms with E-state index in [-0.39, 0.29) is 24.9 Å². The van der Waals surface area contributed by atoms with Crippen LogP contribution in [0.2, 0.25) is 0 Å². The van der Waals surface area contributed by atoms with Crippen LogP contribution in [0.25, 0.3) is 0 Å². The van der Waals surface area contributed by atoms with Gasteiger partial charge >= 0.3 is 0 Å². The topological polar surface area (TPSA) is 46.2 Å². The zero-order chi connectivity index (χ0) is 16.4. The van der Waals surface area contributed by atoms with Crippen molar-refractivity contribution in [1.29, 1.82) is 0 Å². The summed E-state index contributed by atoms with van der Waals surface area (Å²) in [6, 6.07) is 0. The van der Waals surface area contributed by atoms with E-state index in [1.54, 1.807) is 7.11 Å². The Bertz CT molecular complexity index is 329. The van der Waals surface area contributed by atoms with Crippen LogP contribution in [0.15, 0.2) is 25.3 Å². The van der Waals surface area contributed by atoms with Crippen LogP contribution in [0.5, 0.6) is 0 Å². The first-order valence-electron chi connectivity index (χ1n) is 7.76. The van der Waals surface area contributed by atoms with Crippen molar-refractivity contribution in [2.75, 3.05) is 33.7 Å². The van der Waals surface area contributed by atoms with Gasteiger partial charge < -0.3 is 23.7 Å². The van der Waals surface area contributed by atoms with Gasteiger partial charge in [0.15, 0.2) is 5.79 Å². The Balaban J connectivity index is 2.58. The van der Waals surface area contributed by atoms with Gasteiger partial charge in [0.05, 0.1) is 32.0 Å². The van der Waals surface area contributed by atoms with Crippen LogP contribution in [0.1, 0.15) is 26.7 Å². The molecule has 0 saturated carbocycles. The fraction of sp³-hybridized carbons (Fsp3) is 0.765. The molecule has 0 aromatic heterocycles. The molecular weight excluding hydrogens is 284 g/mol. The standard InChI is InChI=1S/C17H30O5/c1-6-8-15(20-13-19-11-10-18-5)14-12-21-17(3,4)22-16(14)9-7-2/h6-7,14-16H,1-2,8-13H2,3-5H3/t14-,15-,16-/m0/s1. The minimum absolute atomic E-state index is 0.0187. The quantitative estimate of drug-likeness (QED) is 0.333. The molecule has 0 amide bonds. The molecule has 0 bridgehead atoms. The molecule has 0 spiro atoms. The first-order valence-corrected chi connectivity index (χ1v) is 7.76. The average molecular weight is 314 g/mol. The van der Waals surface area contributed by atoms with E-state index in [1.165, 1.54) is 0 Å². The maximum absolute atomic E-state index is 6.03. The van der Waals surface area contributed by atoms with Crippen LogP contribution in [-0.4, -0.2) is 51.7 Å². The summed E-state index contributed by atoms with van der Waals surface area (Å²) < 4.78 is 28.0. The normalized spacial score (nSPS) is 25.6. The highest BCUT2D eigenvalue weighted by Crippen LogP contribution is 2.32. The van der Waals surface area contributed by atoms with Crippen molar-refractivity contribution in [2.24, 2.45) is 5.92 Å². The third-order valence-corrected chi connectivity index (χ3v) is 3.61. The van der Waals surface area contributed by atoms with E-state index in [0.29, 0.717) is 19.8 Å². The third-order valence-electron chi connectivity index (χ3n) is 3.61. The lowest BCUT2D eigenvalue weighted by Gasteiger charge is -2.43. The summed E-state index contributed by atoms with van der Waals surface area (Å²) in [4.78, 5) is 0. The molecule has 22 heavy (non-hydrogen) atoms. The molecule has 0 aliphatic carbocycles. The molecule has 1 aliphatic rings. The predicted octanol–water partition coefficient (Wildman–Crippen LogP) is 2.91. The van der Waals surface area contributed by atoms with Crippen LogP contribution in [-0.2, 0) is 23.7 Å². The van der Waals surface area contributed by atoms with E-state index in [4.69, 9.17) is 23.7 Å². The Morgan fingerprint density at radius 1 is 1.27 bits per heavy atom. The van der Waals surface area contributed by atoms with Crippen LogP contribution >= 0.6 is 0 Å². The number of hydrogen-bond acceptors (Lipinski definition) is 5. The number of ether oxygens (including phenoxy) is 5. The minimum Gasteiger partial charge on any atom is -0.382 e. The lowest BCUT2D eigenvalue weighted by molar-refractivity contribution is -0.306. The Hall–Kier alpha value is -0.720. The van der Waals surface area contributed by atoms with E-state index in [9.17, 15) is 0 Å². The molecule has 1 fully saturated rings. The van der Waals surface area contributed by atoms with Crippen molar-refractivity contribution in [1.82, 2.24) is 0 Å². The summed E-state index contributed by atoms with van der Waals surface area (Å²) >= 11 is 0. The van der Waals surface area contributed by atoms with Gasteiger partial charge in [-0.2, -0.15) is 0 Å². The lowest BCUT2D eigenvalue weighted by atomic mass is 9.90. The Kier molecular flexibility index (Phi) is 8.90. The molecule has 1 rings (SSSR count). The minimum atomic E-state index is -0.572. The Labute approximate surface area is 134 Å². The number of methoxy groups -OCH3 is 1. The fourth-order valence-electron chi connectivity index (χ4n) is 2.49. The van der Waals surface area contributed by atoms with Gasteiger partial charge in [-0.3, -0.25) is 0 Å². The molecule has 0 aromatic carbocycles. The summed E-state index contributed by atoms with van der Waals surface area (Å²) in [5.41, 5.74) is 0. The Morgan fingerprint density at radius 2 is 2.05 bits per heavy atom. The van der Waals surface area contributed by atoms with Gasteiger partial charge in [-0.15, -0.1) is 13.2 Å². The highest BCUT2D eigenvalue weighted by Gasteiger charge is 2.39.